The number of halogens is 1. The van der Waals surface area contributed by atoms with E-state index in [2.05, 4.69) is 15.0 Å². The van der Waals surface area contributed by atoms with Crippen molar-refractivity contribution in [3.05, 3.63) is 33.5 Å². The van der Waals surface area contributed by atoms with E-state index in [1.807, 2.05) is 19.5 Å². The zero-order chi connectivity index (χ0) is 13.1. The van der Waals surface area contributed by atoms with Crippen LogP contribution in [0.2, 0.25) is 5.02 Å². The van der Waals surface area contributed by atoms with Crippen molar-refractivity contribution in [1.82, 2.24) is 19.7 Å². The Kier molecular flexibility index (Phi) is 4.34. The monoisotopic (exact) mass is 286 g/mol. The van der Waals surface area contributed by atoms with Crippen LogP contribution in [-0.2, 0) is 6.54 Å². The average molecular weight is 287 g/mol. The minimum Gasteiger partial charge on any atom is -0.380 e. The second-order valence-electron chi connectivity index (χ2n) is 4.22. The van der Waals surface area contributed by atoms with Crippen molar-refractivity contribution in [2.75, 3.05) is 20.6 Å². The molecule has 0 bridgehead atoms. The Morgan fingerprint density at radius 1 is 1.56 bits per heavy atom. The fourth-order valence-electron chi connectivity index (χ4n) is 1.61. The van der Waals surface area contributed by atoms with Crippen LogP contribution < -0.4 is 0 Å². The van der Waals surface area contributed by atoms with Gasteiger partial charge < -0.3 is 10.0 Å². The Balaban J connectivity index is 2.23. The summed E-state index contributed by atoms with van der Waals surface area (Å²) in [6.45, 7) is 1.51. The predicted octanol–water partition coefficient (Wildman–Crippen LogP) is 1.64. The summed E-state index contributed by atoms with van der Waals surface area (Å²) in [5, 5.41) is 16.8. The number of hydrogen-bond acceptors (Lipinski definition) is 5. The number of thiazole rings is 1. The van der Waals surface area contributed by atoms with Gasteiger partial charge in [0.2, 0.25) is 0 Å². The number of aromatic nitrogens is 3. The van der Waals surface area contributed by atoms with Gasteiger partial charge in [0.05, 0.1) is 34.7 Å². The van der Waals surface area contributed by atoms with Crippen molar-refractivity contribution < 1.29 is 5.11 Å². The maximum absolute atomic E-state index is 10.3. The SMILES string of the molecule is CN(C)CCn1ncc(Cl)c1C(O)c1cscn1. The summed E-state index contributed by atoms with van der Waals surface area (Å²) in [5.74, 6) is 0. The van der Waals surface area contributed by atoms with Crippen molar-refractivity contribution in [2.24, 2.45) is 0 Å². The summed E-state index contributed by atoms with van der Waals surface area (Å²) in [5.41, 5.74) is 2.89. The summed E-state index contributed by atoms with van der Waals surface area (Å²) < 4.78 is 1.73. The van der Waals surface area contributed by atoms with E-state index in [0.717, 1.165) is 6.54 Å². The van der Waals surface area contributed by atoms with Crippen molar-refractivity contribution in [1.29, 1.82) is 0 Å². The normalized spacial score (nSPS) is 13.2. The standard InChI is InChI=1S/C11H15ClN4OS/c1-15(2)3-4-16-10(8(12)5-14-16)11(17)9-6-18-7-13-9/h5-7,11,17H,3-4H2,1-2H3. The first-order chi connectivity index (χ1) is 8.59. The van der Waals surface area contributed by atoms with Crippen LogP contribution in [-0.4, -0.2) is 45.4 Å². The first-order valence-corrected chi connectivity index (χ1v) is 6.83. The van der Waals surface area contributed by atoms with Gasteiger partial charge in [-0.3, -0.25) is 4.68 Å². The zero-order valence-electron chi connectivity index (χ0n) is 10.2. The molecule has 7 heteroatoms. The quantitative estimate of drug-likeness (QED) is 0.908. The van der Waals surface area contributed by atoms with Crippen LogP contribution in [0.1, 0.15) is 17.5 Å². The molecule has 0 fully saturated rings. The van der Waals surface area contributed by atoms with Crippen molar-refractivity contribution >= 4 is 22.9 Å². The van der Waals surface area contributed by atoms with E-state index < -0.39 is 6.10 Å². The molecule has 0 aliphatic heterocycles. The van der Waals surface area contributed by atoms with Crippen LogP contribution in [0.3, 0.4) is 0 Å². The minimum atomic E-state index is -0.826. The number of rotatable bonds is 5. The van der Waals surface area contributed by atoms with Gasteiger partial charge >= 0.3 is 0 Å². The third-order valence-electron chi connectivity index (χ3n) is 2.58. The third kappa shape index (κ3) is 2.89. The van der Waals surface area contributed by atoms with Gasteiger partial charge in [-0.05, 0) is 14.1 Å². The molecule has 0 saturated heterocycles. The van der Waals surface area contributed by atoms with Gasteiger partial charge in [-0.15, -0.1) is 11.3 Å². The minimum absolute atomic E-state index is 0.467. The molecule has 1 unspecified atom stereocenters. The maximum atomic E-state index is 10.3. The Labute approximate surface area is 115 Å². The molecule has 0 radical (unpaired) electrons. The first kappa shape index (κ1) is 13.5. The van der Waals surface area contributed by atoms with Gasteiger partial charge in [0.25, 0.3) is 0 Å². The number of likely N-dealkylation sites (N-methyl/N-ethyl adjacent to an activating group) is 1. The number of aliphatic hydroxyl groups is 1. The number of nitrogens with zero attached hydrogens (tertiary/aromatic N) is 4. The Morgan fingerprint density at radius 3 is 2.94 bits per heavy atom. The molecule has 2 aromatic rings. The molecule has 0 amide bonds. The molecule has 0 aliphatic rings. The molecular weight excluding hydrogens is 272 g/mol. The molecule has 2 aromatic heterocycles. The summed E-state index contributed by atoms with van der Waals surface area (Å²) in [6.07, 6.45) is 0.732. The lowest BCUT2D eigenvalue weighted by Crippen LogP contribution is -2.21. The summed E-state index contributed by atoms with van der Waals surface area (Å²) in [6, 6.07) is 0. The molecular formula is C11H15ClN4OS. The van der Waals surface area contributed by atoms with E-state index in [1.165, 1.54) is 11.3 Å². The van der Waals surface area contributed by atoms with Gasteiger partial charge in [-0.1, -0.05) is 11.6 Å². The highest BCUT2D eigenvalue weighted by atomic mass is 35.5. The molecule has 0 aromatic carbocycles. The molecule has 0 spiro atoms. The van der Waals surface area contributed by atoms with Gasteiger partial charge in [-0.25, -0.2) is 4.98 Å². The second-order valence-corrected chi connectivity index (χ2v) is 5.35. The van der Waals surface area contributed by atoms with Crippen LogP contribution in [0.5, 0.6) is 0 Å². The highest BCUT2D eigenvalue weighted by Crippen LogP contribution is 2.27. The van der Waals surface area contributed by atoms with Crippen LogP contribution in [0.15, 0.2) is 17.1 Å². The molecule has 18 heavy (non-hydrogen) atoms. The predicted molar refractivity (Wildman–Crippen MR) is 72.0 cm³/mol. The van der Waals surface area contributed by atoms with Gasteiger partial charge in [0.15, 0.2) is 0 Å². The van der Waals surface area contributed by atoms with Crippen molar-refractivity contribution in [3.63, 3.8) is 0 Å². The van der Waals surface area contributed by atoms with Crippen LogP contribution in [0.25, 0.3) is 0 Å². The van der Waals surface area contributed by atoms with E-state index in [-0.39, 0.29) is 0 Å². The fourth-order valence-corrected chi connectivity index (χ4v) is 2.43. The molecule has 2 heterocycles. The van der Waals surface area contributed by atoms with Crippen LogP contribution in [0, 0.1) is 0 Å². The summed E-state index contributed by atoms with van der Waals surface area (Å²) in [4.78, 5) is 6.16. The Hall–Kier alpha value is -0.950. The number of aliphatic hydroxyl groups excluding tert-OH is 1. The Morgan fingerprint density at radius 2 is 2.33 bits per heavy atom. The second kappa shape index (κ2) is 5.79. The van der Waals surface area contributed by atoms with Gasteiger partial charge in [-0.2, -0.15) is 5.10 Å². The lowest BCUT2D eigenvalue weighted by atomic mass is 10.2. The zero-order valence-corrected chi connectivity index (χ0v) is 11.8. The molecule has 0 aliphatic carbocycles. The first-order valence-electron chi connectivity index (χ1n) is 5.51. The molecule has 1 atom stereocenters. The number of hydrogen-bond donors (Lipinski definition) is 1. The Bertz CT molecular complexity index is 497. The smallest absolute Gasteiger partial charge is 0.140 e. The molecule has 5 nitrogen and oxygen atoms in total. The lowest BCUT2D eigenvalue weighted by Gasteiger charge is -2.14. The highest BCUT2D eigenvalue weighted by Gasteiger charge is 2.21. The average Bonchev–Trinajstić information content (AvgIpc) is 2.94. The largest absolute Gasteiger partial charge is 0.380 e. The molecule has 1 N–H and O–H groups in total. The van der Waals surface area contributed by atoms with E-state index in [9.17, 15) is 5.11 Å². The summed E-state index contributed by atoms with van der Waals surface area (Å²) in [7, 11) is 3.98. The molecule has 98 valence electrons. The van der Waals surface area contributed by atoms with E-state index in [1.54, 1.807) is 16.4 Å². The van der Waals surface area contributed by atoms with Crippen LogP contribution in [0.4, 0.5) is 0 Å². The highest BCUT2D eigenvalue weighted by molar-refractivity contribution is 7.07. The molecule has 0 saturated carbocycles. The van der Waals surface area contributed by atoms with Gasteiger partial charge in [0.1, 0.15) is 6.10 Å². The van der Waals surface area contributed by atoms with Gasteiger partial charge in [0, 0.05) is 11.9 Å². The topological polar surface area (TPSA) is 54.2 Å². The van der Waals surface area contributed by atoms with Crippen molar-refractivity contribution in [3.8, 4) is 0 Å². The fraction of sp³-hybridized carbons (Fsp3) is 0.455. The van der Waals surface area contributed by atoms with E-state index in [0.29, 0.717) is 23.0 Å². The third-order valence-corrected chi connectivity index (χ3v) is 3.48. The molecule has 2 rings (SSSR count). The summed E-state index contributed by atoms with van der Waals surface area (Å²) >= 11 is 7.53. The van der Waals surface area contributed by atoms with E-state index >= 15 is 0 Å². The lowest BCUT2D eigenvalue weighted by molar-refractivity contribution is 0.202. The van der Waals surface area contributed by atoms with Crippen molar-refractivity contribution in [2.45, 2.75) is 12.6 Å². The van der Waals surface area contributed by atoms with Crippen LogP contribution >= 0.6 is 22.9 Å². The maximum Gasteiger partial charge on any atom is 0.140 e. The van der Waals surface area contributed by atoms with E-state index in [4.69, 9.17) is 11.6 Å².